The largest absolute Gasteiger partial charge is 0.336 e. The number of benzene rings is 1. The minimum absolute atomic E-state index is 0.0339. The van der Waals surface area contributed by atoms with E-state index in [1.165, 1.54) is 11.8 Å². The fraction of sp³-hybridized carbons (Fsp3) is 0.267. The molecule has 0 saturated carbocycles. The SMILES string of the molecule is Cc1nc(CN(C)C(=O)c2ccc3c(c2)NC(=O)CS3)cs1. The Balaban J connectivity index is 1.77. The van der Waals surface area contributed by atoms with Crippen LogP contribution in [0.2, 0.25) is 0 Å². The molecule has 0 bridgehead atoms. The van der Waals surface area contributed by atoms with E-state index in [2.05, 4.69) is 10.3 Å². The third-order valence-corrected chi connectivity index (χ3v) is 5.17. The predicted molar refractivity (Wildman–Crippen MR) is 88.4 cm³/mol. The lowest BCUT2D eigenvalue weighted by molar-refractivity contribution is -0.113. The van der Waals surface area contributed by atoms with Crippen LogP contribution in [0.25, 0.3) is 0 Å². The molecule has 2 heterocycles. The van der Waals surface area contributed by atoms with Gasteiger partial charge in [0.2, 0.25) is 5.91 Å². The molecule has 0 saturated heterocycles. The number of hydrogen-bond acceptors (Lipinski definition) is 5. The Labute approximate surface area is 136 Å². The van der Waals surface area contributed by atoms with Crippen LogP contribution < -0.4 is 5.32 Å². The smallest absolute Gasteiger partial charge is 0.254 e. The summed E-state index contributed by atoms with van der Waals surface area (Å²) >= 11 is 3.06. The normalized spacial score (nSPS) is 13.5. The van der Waals surface area contributed by atoms with E-state index in [0.29, 0.717) is 23.5 Å². The molecule has 1 aliphatic heterocycles. The summed E-state index contributed by atoms with van der Waals surface area (Å²) in [7, 11) is 1.75. The molecule has 0 aliphatic carbocycles. The summed E-state index contributed by atoms with van der Waals surface area (Å²) in [4.78, 5) is 31.0. The number of thiazole rings is 1. The van der Waals surface area contributed by atoms with Gasteiger partial charge in [0, 0.05) is 22.9 Å². The van der Waals surface area contributed by atoms with E-state index in [1.807, 2.05) is 18.4 Å². The van der Waals surface area contributed by atoms with Crippen molar-refractivity contribution in [2.45, 2.75) is 18.4 Å². The van der Waals surface area contributed by atoms with Gasteiger partial charge in [-0.1, -0.05) is 0 Å². The topological polar surface area (TPSA) is 62.3 Å². The Morgan fingerprint density at radius 1 is 1.45 bits per heavy atom. The molecule has 2 aromatic rings. The highest BCUT2D eigenvalue weighted by atomic mass is 32.2. The second-order valence-electron chi connectivity index (χ2n) is 5.07. The third-order valence-electron chi connectivity index (χ3n) is 3.27. The highest BCUT2D eigenvalue weighted by Gasteiger charge is 2.19. The fourth-order valence-electron chi connectivity index (χ4n) is 2.23. The molecule has 7 heteroatoms. The number of carbonyl (C=O) groups is 2. The summed E-state index contributed by atoms with van der Waals surface area (Å²) in [5.74, 6) is 0.301. The second kappa shape index (κ2) is 6.10. The van der Waals surface area contributed by atoms with Crippen molar-refractivity contribution in [2.75, 3.05) is 18.1 Å². The molecule has 0 radical (unpaired) electrons. The Bertz CT molecular complexity index is 742. The molecule has 2 amide bonds. The van der Waals surface area contributed by atoms with Gasteiger partial charge >= 0.3 is 0 Å². The van der Waals surface area contributed by atoms with Crippen molar-refractivity contribution in [1.82, 2.24) is 9.88 Å². The van der Waals surface area contributed by atoms with Crippen LogP contribution in [-0.4, -0.2) is 34.5 Å². The summed E-state index contributed by atoms with van der Waals surface area (Å²) in [5, 5.41) is 5.76. The van der Waals surface area contributed by atoms with Gasteiger partial charge < -0.3 is 10.2 Å². The van der Waals surface area contributed by atoms with Crippen molar-refractivity contribution in [3.05, 3.63) is 39.8 Å². The lowest BCUT2D eigenvalue weighted by Crippen LogP contribution is -2.27. The van der Waals surface area contributed by atoms with Crippen molar-refractivity contribution in [3.63, 3.8) is 0 Å². The van der Waals surface area contributed by atoms with Crippen LogP contribution in [0.4, 0.5) is 5.69 Å². The molecule has 0 atom stereocenters. The van der Waals surface area contributed by atoms with E-state index < -0.39 is 0 Å². The number of aromatic nitrogens is 1. The van der Waals surface area contributed by atoms with E-state index in [4.69, 9.17) is 0 Å². The maximum atomic E-state index is 12.5. The minimum Gasteiger partial charge on any atom is -0.336 e. The lowest BCUT2D eigenvalue weighted by atomic mass is 10.1. The Hall–Kier alpha value is -1.86. The molecule has 1 aromatic carbocycles. The first-order valence-electron chi connectivity index (χ1n) is 6.76. The Morgan fingerprint density at radius 3 is 3.00 bits per heavy atom. The van der Waals surface area contributed by atoms with E-state index in [0.717, 1.165) is 15.6 Å². The van der Waals surface area contributed by atoms with Gasteiger partial charge in [0.15, 0.2) is 0 Å². The quantitative estimate of drug-likeness (QED) is 0.938. The van der Waals surface area contributed by atoms with E-state index >= 15 is 0 Å². The number of amides is 2. The van der Waals surface area contributed by atoms with Crippen LogP contribution in [0.1, 0.15) is 21.1 Å². The molecule has 5 nitrogen and oxygen atoms in total. The highest BCUT2D eigenvalue weighted by Crippen LogP contribution is 2.32. The zero-order chi connectivity index (χ0) is 15.7. The summed E-state index contributed by atoms with van der Waals surface area (Å²) in [5.41, 5.74) is 2.17. The average Bonchev–Trinajstić information content (AvgIpc) is 2.90. The second-order valence-corrected chi connectivity index (χ2v) is 7.15. The monoisotopic (exact) mass is 333 g/mol. The van der Waals surface area contributed by atoms with Gasteiger partial charge in [0.25, 0.3) is 5.91 Å². The average molecular weight is 333 g/mol. The standard InChI is InChI=1S/C15H15N3O2S2/c1-9-16-11(7-21-9)6-18(2)15(20)10-3-4-13-12(5-10)17-14(19)8-22-13/h3-5,7H,6,8H2,1-2H3,(H,17,19). The van der Waals surface area contributed by atoms with Crippen molar-refractivity contribution < 1.29 is 9.59 Å². The van der Waals surface area contributed by atoms with Crippen molar-refractivity contribution in [1.29, 1.82) is 0 Å². The number of fused-ring (bicyclic) bond motifs is 1. The van der Waals surface area contributed by atoms with Gasteiger partial charge in [0.05, 0.1) is 28.7 Å². The van der Waals surface area contributed by atoms with Crippen LogP contribution in [0.3, 0.4) is 0 Å². The number of carbonyl (C=O) groups excluding carboxylic acids is 2. The first kappa shape index (κ1) is 15.1. The molecule has 1 aromatic heterocycles. The minimum atomic E-state index is -0.0849. The number of rotatable bonds is 3. The molecule has 22 heavy (non-hydrogen) atoms. The highest BCUT2D eigenvalue weighted by molar-refractivity contribution is 8.00. The number of nitrogens with one attached hydrogen (secondary N) is 1. The summed E-state index contributed by atoms with van der Waals surface area (Å²) in [6.45, 7) is 2.42. The first-order chi connectivity index (χ1) is 10.5. The fourth-order valence-corrected chi connectivity index (χ4v) is 3.62. The maximum Gasteiger partial charge on any atom is 0.254 e. The van der Waals surface area contributed by atoms with E-state index in [-0.39, 0.29) is 11.8 Å². The molecule has 3 rings (SSSR count). The molecule has 1 aliphatic rings. The zero-order valence-electron chi connectivity index (χ0n) is 12.3. The molecule has 0 unspecified atom stereocenters. The maximum absolute atomic E-state index is 12.5. The number of hydrogen-bond donors (Lipinski definition) is 1. The Kier molecular flexibility index (Phi) is 4.17. The third kappa shape index (κ3) is 3.15. The van der Waals surface area contributed by atoms with E-state index in [1.54, 1.807) is 35.4 Å². The number of anilines is 1. The number of aryl methyl sites for hydroxylation is 1. The molecule has 1 N–H and O–H groups in total. The number of nitrogens with zero attached hydrogens (tertiary/aromatic N) is 2. The predicted octanol–water partition coefficient (Wildman–Crippen LogP) is 2.77. The van der Waals surface area contributed by atoms with Gasteiger partial charge in [-0.05, 0) is 25.1 Å². The summed E-state index contributed by atoms with van der Waals surface area (Å²) in [6.07, 6.45) is 0. The Morgan fingerprint density at radius 2 is 2.27 bits per heavy atom. The van der Waals surface area contributed by atoms with Crippen molar-refractivity contribution in [3.8, 4) is 0 Å². The summed E-state index contributed by atoms with van der Waals surface area (Å²) in [6, 6.07) is 5.42. The first-order valence-corrected chi connectivity index (χ1v) is 8.62. The van der Waals surface area contributed by atoms with Gasteiger partial charge in [0.1, 0.15) is 0 Å². The molecule has 0 spiro atoms. The van der Waals surface area contributed by atoms with Crippen LogP contribution in [-0.2, 0) is 11.3 Å². The summed E-state index contributed by atoms with van der Waals surface area (Å²) < 4.78 is 0. The van der Waals surface area contributed by atoms with Gasteiger partial charge in [-0.2, -0.15) is 0 Å². The van der Waals surface area contributed by atoms with Crippen molar-refractivity contribution in [2.24, 2.45) is 0 Å². The molecular weight excluding hydrogens is 318 g/mol. The van der Waals surface area contributed by atoms with E-state index in [9.17, 15) is 9.59 Å². The molecule has 114 valence electrons. The van der Waals surface area contributed by atoms with Gasteiger partial charge in [-0.15, -0.1) is 23.1 Å². The zero-order valence-corrected chi connectivity index (χ0v) is 13.9. The number of thioether (sulfide) groups is 1. The van der Waals surface area contributed by atoms with Gasteiger partial charge in [-0.25, -0.2) is 4.98 Å². The van der Waals surface area contributed by atoms with Crippen LogP contribution >= 0.6 is 23.1 Å². The van der Waals surface area contributed by atoms with Crippen LogP contribution in [0.5, 0.6) is 0 Å². The lowest BCUT2D eigenvalue weighted by Gasteiger charge is -2.19. The van der Waals surface area contributed by atoms with Crippen LogP contribution in [0, 0.1) is 6.92 Å². The molecular formula is C15H15N3O2S2. The van der Waals surface area contributed by atoms with Gasteiger partial charge in [-0.3, -0.25) is 9.59 Å². The van der Waals surface area contributed by atoms with Crippen LogP contribution in [0.15, 0.2) is 28.5 Å². The molecule has 0 fully saturated rings. The van der Waals surface area contributed by atoms with Crippen molar-refractivity contribution >= 4 is 40.6 Å².